The Morgan fingerprint density at radius 1 is 1.56 bits per heavy atom. The van der Waals surface area contributed by atoms with Gasteiger partial charge in [-0.3, -0.25) is 4.79 Å². The lowest BCUT2D eigenvalue weighted by Gasteiger charge is -2.14. The van der Waals surface area contributed by atoms with Crippen molar-refractivity contribution >= 4 is 23.2 Å². The van der Waals surface area contributed by atoms with E-state index in [2.05, 4.69) is 5.32 Å². The topological polar surface area (TPSA) is 49.3 Å². The Bertz CT molecular complexity index is 445. The quantitative estimate of drug-likeness (QED) is 0.834. The number of carbonyl (C=O) groups is 1. The molecule has 0 bridgehead atoms. The first-order valence-corrected chi connectivity index (χ1v) is 5.74. The smallest absolute Gasteiger partial charge is 0.231 e. The minimum absolute atomic E-state index is 0.0400. The fourth-order valence-electron chi connectivity index (χ4n) is 1.99. The second-order valence-corrected chi connectivity index (χ2v) is 4.53. The van der Waals surface area contributed by atoms with Crippen LogP contribution in [-0.2, 0) is 4.79 Å². The number of carbonyl (C=O) groups excluding carboxylic acids is 1. The van der Waals surface area contributed by atoms with E-state index < -0.39 is 6.10 Å². The highest BCUT2D eigenvalue weighted by molar-refractivity contribution is 6.31. The van der Waals surface area contributed by atoms with E-state index in [0.717, 1.165) is 11.3 Å². The van der Waals surface area contributed by atoms with E-state index in [1.165, 1.54) is 0 Å². The van der Waals surface area contributed by atoms with Crippen LogP contribution >= 0.6 is 11.6 Å². The van der Waals surface area contributed by atoms with Crippen molar-refractivity contribution in [1.82, 2.24) is 0 Å². The van der Waals surface area contributed by atoms with Gasteiger partial charge in [0, 0.05) is 10.6 Å². The van der Waals surface area contributed by atoms with Gasteiger partial charge in [-0.15, -0.1) is 0 Å². The summed E-state index contributed by atoms with van der Waals surface area (Å²) in [6, 6.07) is 3.50. The molecular weight excluding hydrogens is 226 g/mol. The molecule has 1 aromatic carbocycles. The summed E-state index contributed by atoms with van der Waals surface area (Å²) in [5, 5.41) is 13.2. The first-order valence-electron chi connectivity index (χ1n) is 5.36. The molecule has 1 heterocycles. The third-order valence-corrected chi connectivity index (χ3v) is 3.24. The third-order valence-electron chi connectivity index (χ3n) is 3.02. The highest BCUT2D eigenvalue weighted by Crippen LogP contribution is 2.40. The number of hydrogen-bond donors (Lipinski definition) is 2. The van der Waals surface area contributed by atoms with Crippen LogP contribution < -0.4 is 5.32 Å². The van der Waals surface area contributed by atoms with Gasteiger partial charge in [0.15, 0.2) is 0 Å². The van der Waals surface area contributed by atoms with Crippen LogP contribution in [0.3, 0.4) is 0 Å². The molecule has 0 aromatic heterocycles. The molecule has 2 atom stereocenters. The van der Waals surface area contributed by atoms with Crippen LogP contribution in [0.5, 0.6) is 0 Å². The number of fused-ring (bicyclic) bond motifs is 1. The monoisotopic (exact) mass is 239 g/mol. The Balaban J connectivity index is 2.57. The fourth-order valence-corrected chi connectivity index (χ4v) is 2.23. The average molecular weight is 240 g/mol. The number of anilines is 1. The Morgan fingerprint density at radius 3 is 2.88 bits per heavy atom. The van der Waals surface area contributed by atoms with E-state index in [-0.39, 0.29) is 11.8 Å². The number of nitrogens with one attached hydrogen (secondary N) is 1. The van der Waals surface area contributed by atoms with Gasteiger partial charge in [0.2, 0.25) is 5.91 Å². The molecule has 2 N–H and O–H groups in total. The van der Waals surface area contributed by atoms with E-state index in [1.54, 1.807) is 12.1 Å². The Kier molecular flexibility index (Phi) is 2.91. The van der Waals surface area contributed by atoms with E-state index in [9.17, 15) is 9.90 Å². The molecule has 1 aliphatic heterocycles. The van der Waals surface area contributed by atoms with E-state index in [1.807, 2.05) is 13.8 Å². The third kappa shape index (κ3) is 1.70. The molecule has 0 saturated heterocycles. The summed E-state index contributed by atoms with van der Waals surface area (Å²) < 4.78 is 0. The fraction of sp³-hybridized carbons (Fsp3) is 0.417. The summed E-state index contributed by atoms with van der Waals surface area (Å²) in [4.78, 5) is 11.6. The van der Waals surface area contributed by atoms with Crippen LogP contribution in [0.25, 0.3) is 0 Å². The maximum absolute atomic E-state index is 11.6. The summed E-state index contributed by atoms with van der Waals surface area (Å²) >= 11 is 5.99. The predicted molar refractivity (Wildman–Crippen MR) is 63.7 cm³/mol. The lowest BCUT2D eigenvalue weighted by molar-refractivity contribution is -0.116. The molecule has 3 nitrogen and oxygen atoms in total. The first kappa shape index (κ1) is 11.4. The number of hydrogen-bond acceptors (Lipinski definition) is 2. The molecular formula is C12H14ClNO2. The zero-order valence-corrected chi connectivity index (χ0v) is 10.0. The van der Waals surface area contributed by atoms with Gasteiger partial charge < -0.3 is 10.4 Å². The normalized spacial score (nSPS) is 20.5. The molecule has 1 amide bonds. The second-order valence-electron chi connectivity index (χ2n) is 4.09. The van der Waals surface area contributed by atoms with Gasteiger partial charge in [-0.1, -0.05) is 18.5 Å². The molecule has 4 heteroatoms. The molecule has 2 unspecified atom stereocenters. The van der Waals surface area contributed by atoms with E-state index in [0.29, 0.717) is 17.0 Å². The van der Waals surface area contributed by atoms with Crippen molar-refractivity contribution in [3.05, 3.63) is 28.3 Å². The van der Waals surface area contributed by atoms with Gasteiger partial charge >= 0.3 is 0 Å². The van der Waals surface area contributed by atoms with Crippen molar-refractivity contribution in [3.8, 4) is 0 Å². The Hall–Kier alpha value is -1.06. The molecule has 0 spiro atoms. The van der Waals surface area contributed by atoms with Crippen molar-refractivity contribution in [3.63, 3.8) is 0 Å². The number of aliphatic hydroxyl groups is 1. The largest absolute Gasteiger partial charge is 0.388 e. The van der Waals surface area contributed by atoms with Gasteiger partial charge in [0.05, 0.1) is 17.7 Å². The summed E-state index contributed by atoms with van der Waals surface area (Å²) in [7, 11) is 0. The molecule has 0 saturated carbocycles. The van der Waals surface area contributed by atoms with Gasteiger partial charge in [-0.25, -0.2) is 0 Å². The maximum atomic E-state index is 11.6. The molecule has 0 fully saturated rings. The van der Waals surface area contributed by atoms with Crippen LogP contribution in [0.2, 0.25) is 5.02 Å². The Morgan fingerprint density at radius 2 is 2.25 bits per heavy atom. The van der Waals surface area contributed by atoms with E-state index >= 15 is 0 Å². The highest BCUT2D eigenvalue weighted by atomic mass is 35.5. The standard InChI is InChI=1S/C12H14ClNO2/c1-3-10(15)9-5-7(13)4-8-6(2)12(16)14-11(8)9/h4-6,10,15H,3H2,1-2H3,(H,14,16). The van der Waals surface area contributed by atoms with Gasteiger partial charge in [0.1, 0.15) is 0 Å². The van der Waals surface area contributed by atoms with Crippen LogP contribution in [0.15, 0.2) is 12.1 Å². The minimum Gasteiger partial charge on any atom is -0.388 e. The summed E-state index contributed by atoms with van der Waals surface area (Å²) in [6.07, 6.45) is 0.00914. The van der Waals surface area contributed by atoms with Crippen LogP contribution in [-0.4, -0.2) is 11.0 Å². The SMILES string of the molecule is CCC(O)c1cc(Cl)cc2c1NC(=O)C2C. The van der Waals surface area contributed by atoms with Crippen molar-refractivity contribution in [1.29, 1.82) is 0 Å². The summed E-state index contributed by atoms with van der Waals surface area (Å²) in [5.41, 5.74) is 2.32. The number of amides is 1. The minimum atomic E-state index is -0.585. The van der Waals surface area contributed by atoms with Gasteiger partial charge in [0.25, 0.3) is 0 Å². The highest BCUT2D eigenvalue weighted by Gasteiger charge is 2.30. The Labute approximate surface area is 99.4 Å². The molecule has 1 aliphatic rings. The van der Waals surface area contributed by atoms with Crippen molar-refractivity contribution in [2.24, 2.45) is 0 Å². The number of aliphatic hydroxyl groups excluding tert-OH is 1. The van der Waals surface area contributed by atoms with Crippen molar-refractivity contribution < 1.29 is 9.90 Å². The number of rotatable bonds is 2. The predicted octanol–water partition coefficient (Wildman–Crippen LogP) is 2.84. The molecule has 2 rings (SSSR count). The van der Waals surface area contributed by atoms with E-state index in [4.69, 9.17) is 11.6 Å². The zero-order chi connectivity index (χ0) is 11.9. The lowest BCUT2D eigenvalue weighted by Crippen LogP contribution is -2.09. The molecule has 16 heavy (non-hydrogen) atoms. The molecule has 0 radical (unpaired) electrons. The van der Waals surface area contributed by atoms with Crippen molar-refractivity contribution in [2.75, 3.05) is 5.32 Å². The summed E-state index contributed by atoms with van der Waals surface area (Å²) in [5.74, 6) is -0.238. The van der Waals surface area contributed by atoms with Gasteiger partial charge in [-0.05, 0) is 31.0 Å². The van der Waals surface area contributed by atoms with Crippen LogP contribution in [0, 0.1) is 0 Å². The van der Waals surface area contributed by atoms with Gasteiger partial charge in [-0.2, -0.15) is 0 Å². The summed E-state index contributed by atoms with van der Waals surface area (Å²) in [6.45, 7) is 3.72. The molecule has 1 aromatic rings. The molecule has 0 aliphatic carbocycles. The average Bonchev–Trinajstić information content (AvgIpc) is 2.54. The first-order chi connectivity index (χ1) is 7.54. The molecule has 86 valence electrons. The second kappa shape index (κ2) is 4.07. The van der Waals surface area contributed by atoms with Crippen LogP contribution in [0.1, 0.15) is 43.4 Å². The lowest BCUT2D eigenvalue weighted by atomic mass is 9.97. The maximum Gasteiger partial charge on any atom is 0.231 e. The number of benzene rings is 1. The number of halogens is 1. The van der Waals surface area contributed by atoms with Crippen molar-refractivity contribution in [2.45, 2.75) is 32.3 Å². The zero-order valence-electron chi connectivity index (χ0n) is 9.25. The van der Waals surface area contributed by atoms with Crippen LogP contribution in [0.4, 0.5) is 5.69 Å².